The molecule has 0 rings (SSSR count). The molecular weight excluding hydrogens is 206 g/mol. The minimum Gasteiger partial charge on any atom is -0.481 e. The number of hydrogen-bond donors (Lipinski definition) is 3. The lowest BCUT2D eigenvalue weighted by atomic mass is 9.83. The predicted molar refractivity (Wildman–Crippen MR) is 64.4 cm³/mol. The number of carbonyl (C=O) groups is 1. The molecule has 1 unspecified atom stereocenters. The Hall–Kier alpha value is -0.610. The van der Waals surface area contributed by atoms with Crippen molar-refractivity contribution in [1.82, 2.24) is 5.32 Å². The van der Waals surface area contributed by atoms with Crippen LogP contribution in [0.4, 0.5) is 0 Å². The van der Waals surface area contributed by atoms with Gasteiger partial charge < -0.3 is 15.5 Å². The molecule has 0 fully saturated rings. The zero-order chi connectivity index (χ0) is 12.6. The van der Waals surface area contributed by atoms with Gasteiger partial charge in [-0.3, -0.25) is 4.79 Å². The second kappa shape index (κ2) is 7.63. The molecule has 96 valence electrons. The summed E-state index contributed by atoms with van der Waals surface area (Å²) < 4.78 is 0. The van der Waals surface area contributed by atoms with E-state index in [1.807, 2.05) is 6.92 Å². The first-order valence-corrected chi connectivity index (χ1v) is 6.05. The van der Waals surface area contributed by atoms with Gasteiger partial charge in [0.1, 0.15) is 0 Å². The standard InChI is InChI=1S/C12H25NO3/c1-4-12(5-2,9-14)8-13-10(3)6-7-11(15)16/h10,13-14H,4-9H2,1-3H3,(H,15,16). The summed E-state index contributed by atoms with van der Waals surface area (Å²) in [4.78, 5) is 10.4. The van der Waals surface area contributed by atoms with E-state index in [4.69, 9.17) is 5.11 Å². The predicted octanol–water partition coefficient (Wildman–Crippen LogP) is 1.63. The highest BCUT2D eigenvalue weighted by Gasteiger charge is 2.25. The Morgan fingerprint density at radius 1 is 1.38 bits per heavy atom. The summed E-state index contributed by atoms with van der Waals surface area (Å²) in [6.07, 6.45) is 2.68. The molecule has 0 aromatic heterocycles. The molecule has 0 heterocycles. The van der Waals surface area contributed by atoms with E-state index < -0.39 is 5.97 Å². The van der Waals surface area contributed by atoms with Crippen LogP contribution >= 0.6 is 0 Å². The molecule has 1 atom stereocenters. The molecule has 0 aromatic rings. The van der Waals surface area contributed by atoms with Gasteiger partial charge in [-0.1, -0.05) is 13.8 Å². The van der Waals surface area contributed by atoms with Gasteiger partial charge >= 0.3 is 5.97 Å². The van der Waals surface area contributed by atoms with Crippen molar-refractivity contribution in [2.45, 2.75) is 52.5 Å². The Morgan fingerprint density at radius 3 is 2.31 bits per heavy atom. The average Bonchev–Trinajstić information content (AvgIpc) is 2.29. The Balaban J connectivity index is 3.96. The highest BCUT2D eigenvalue weighted by atomic mass is 16.4. The molecule has 4 heteroatoms. The smallest absolute Gasteiger partial charge is 0.303 e. The lowest BCUT2D eigenvalue weighted by Crippen LogP contribution is -2.40. The van der Waals surface area contributed by atoms with Crippen LogP contribution in [0.3, 0.4) is 0 Å². The Bertz CT molecular complexity index is 194. The van der Waals surface area contributed by atoms with Gasteiger partial charge in [-0.25, -0.2) is 0 Å². The zero-order valence-corrected chi connectivity index (χ0v) is 10.6. The van der Waals surface area contributed by atoms with Crippen LogP contribution in [-0.2, 0) is 4.79 Å². The molecule has 0 aliphatic carbocycles. The summed E-state index contributed by atoms with van der Waals surface area (Å²) in [6, 6.07) is 0.181. The zero-order valence-electron chi connectivity index (χ0n) is 10.6. The summed E-state index contributed by atoms with van der Waals surface area (Å²) in [6.45, 7) is 7.05. The molecule has 0 bridgehead atoms. The average molecular weight is 231 g/mol. The molecule has 0 spiro atoms. The van der Waals surface area contributed by atoms with Gasteiger partial charge in [0.2, 0.25) is 0 Å². The van der Waals surface area contributed by atoms with E-state index >= 15 is 0 Å². The monoisotopic (exact) mass is 231 g/mol. The largest absolute Gasteiger partial charge is 0.481 e. The van der Waals surface area contributed by atoms with Crippen molar-refractivity contribution in [3.05, 3.63) is 0 Å². The van der Waals surface area contributed by atoms with E-state index in [1.165, 1.54) is 0 Å². The van der Waals surface area contributed by atoms with Gasteiger partial charge in [-0.15, -0.1) is 0 Å². The van der Waals surface area contributed by atoms with E-state index in [-0.39, 0.29) is 24.5 Å². The first-order chi connectivity index (χ1) is 7.49. The number of aliphatic hydroxyl groups is 1. The minimum absolute atomic E-state index is 0.0581. The van der Waals surface area contributed by atoms with Crippen LogP contribution in [0.25, 0.3) is 0 Å². The van der Waals surface area contributed by atoms with Crippen molar-refractivity contribution >= 4 is 5.97 Å². The SMILES string of the molecule is CCC(CC)(CO)CNC(C)CCC(=O)O. The van der Waals surface area contributed by atoms with Gasteiger partial charge in [0.05, 0.1) is 0 Å². The van der Waals surface area contributed by atoms with E-state index in [1.54, 1.807) is 0 Å². The summed E-state index contributed by atoms with van der Waals surface area (Å²) in [7, 11) is 0. The van der Waals surface area contributed by atoms with E-state index in [0.717, 1.165) is 19.4 Å². The Labute approximate surface area is 98.1 Å². The van der Waals surface area contributed by atoms with E-state index in [9.17, 15) is 9.90 Å². The number of carboxylic acid groups (broad SMARTS) is 1. The quantitative estimate of drug-likeness (QED) is 0.564. The number of carboxylic acids is 1. The van der Waals surface area contributed by atoms with Crippen LogP contribution in [0.15, 0.2) is 0 Å². The molecule has 0 aliphatic rings. The molecule has 0 saturated heterocycles. The van der Waals surface area contributed by atoms with Gasteiger partial charge in [0, 0.05) is 31.0 Å². The van der Waals surface area contributed by atoms with Crippen LogP contribution in [0.5, 0.6) is 0 Å². The second-order valence-electron chi connectivity index (χ2n) is 4.58. The fraction of sp³-hybridized carbons (Fsp3) is 0.917. The van der Waals surface area contributed by atoms with E-state index in [0.29, 0.717) is 6.42 Å². The summed E-state index contributed by atoms with van der Waals surface area (Å²) >= 11 is 0. The molecule has 0 saturated carbocycles. The molecule has 3 N–H and O–H groups in total. The third-order valence-corrected chi connectivity index (χ3v) is 3.45. The first-order valence-electron chi connectivity index (χ1n) is 6.05. The summed E-state index contributed by atoms with van der Waals surface area (Å²) in [5, 5.41) is 21.2. The van der Waals surface area contributed by atoms with Gasteiger partial charge in [0.15, 0.2) is 0 Å². The topological polar surface area (TPSA) is 69.6 Å². The molecule has 0 aliphatic heterocycles. The Morgan fingerprint density at radius 2 is 1.94 bits per heavy atom. The van der Waals surface area contributed by atoms with Gasteiger partial charge in [-0.2, -0.15) is 0 Å². The van der Waals surface area contributed by atoms with Crippen molar-refractivity contribution < 1.29 is 15.0 Å². The number of aliphatic carboxylic acids is 1. The van der Waals surface area contributed by atoms with Gasteiger partial charge in [0.25, 0.3) is 0 Å². The summed E-state index contributed by atoms with van der Waals surface area (Å²) in [5.41, 5.74) is -0.0581. The maximum Gasteiger partial charge on any atom is 0.303 e. The number of aliphatic hydroxyl groups excluding tert-OH is 1. The lowest BCUT2D eigenvalue weighted by molar-refractivity contribution is -0.137. The number of nitrogens with one attached hydrogen (secondary N) is 1. The molecule has 0 aromatic carbocycles. The first kappa shape index (κ1) is 15.4. The fourth-order valence-electron chi connectivity index (χ4n) is 1.61. The van der Waals surface area contributed by atoms with Crippen molar-refractivity contribution in [3.63, 3.8) is 0 Å². The van der Waals surface area contributed by atoms with Crippen LogP contribution in [-0.4, -0.2) is 35.4 Å². The maximum atomic E-state index is 10.4. The normalized spacial score (nSPS) is 13.8. The summed E-state index contributed by atoms with van der Waals surface area (Å²) in [5.74, 6) is -0.756. The minimum atomic E-state index is -0.756. The maximum absolute atomic E-state index is 10.4. The number of rotatable bonds is 9. The fourth-order valence-corrected chi connectivity index (χ4v) is 1.61. The van der Waals surface area contributed by atoms with Crippen LogP contribution in [0.2, 0.25) is 0 Å². The molecule has 4 nitrogen and oxygen atoms in total. The highest BCUT2D eigenvalue weighted by molar-refractivity contribution is 5.66. The molecule has 0 amide bonds. The third kappa shape index (κ3) is 5.47. The highest BCUT2D eigenvalue weighted by Crippen LogP contribution is 2.24. The van der Waals surface area contributed by atoms with E-state index in [2.05, 4.69) is 19.2 Å². The van der Waals surface area contributed by atoms with Crippen molar-refractivity contribution in [1.29, 1.82) is 0 Å². The third-order valence-electron chi connectivity index (χ3n) is 3.45. The Kier molecular flexibility index (Phi) is 7.34. The van der Waals surface area contributed by atoms with Crippen molar-refractivity contribution in [2.75, 3.05) is 13.2 Å². The lowest BCUT2D eigenvalue weighted by Gasteiger charge is -2.31. The van der Waals surface area contributed by atoms with Crippen molar-refractivity contribution in [2.24, 2.45) is 5.41 Å². The van der Waals surface area contributed by atoms with Gasteiger partial charge in [-0.05, 0) is 26.2 Å². The molecular formula is C12H25NO3. The second-order valence-corrected chi connectivity index (χ2v) is 4.58. The van der Waals surface area contributed by atoms with Crippen molar-refractivity contribution in [3.8, 4) is 0 Å². The molecule has 0 radical (unpaired) electrons. The van der Waals surface area contributed by atoms with Crippen LogP contribution in [0.1, 0.15) is 46.5 Å². The van der Waals surface area contributed by atoms with Crippen LogP contribution in [0, 0.1) is 5.41 Å². The number of hydrogen-bond acceptors (Lipinski definition) is 3. The van der Waals surface area contributed by atoms with Crippen LogP contribution < -0.4 is 5.32 Å². The molecule has 16 heavy (non-hydrogen) atoms.